The average molecular weight is 361 g/mol. The van der Waals surface area contributed by atoms with Crippen LogP contribution in [0, 0.1) is 13.8 Å². The molecule has 0 aliphatic rings. The van der Waals surface area contributed by atoms with Gasteiger partial charge in [0.25, 0.3) is 10.0 Å². The third-order valence-corrected chi connectivity index (χ3v) is 6.64. The molecule has 4 nitrogen and oxygen atoms in total. The summed E-state index contributed by atoms with van der Waals surface area (Å²) < 4.78 is 28.1. The molecule has 0 spiro atoms. The first-order valence-electron chi connectivity index (χ1n) is 5.43. The van der Waals surface area contributed by atoms with Crippen LogP contribution in [0.4, 0.5) is 11.4 Å². The number of aryl methyl sites for hydroxylation is 2. The lowest BCUT2D eigenvalue weighted by Gasteiger charge is -2.10. The molecule has 1 heterocycles. The molecule has 7 heteroatoms. The van der Waals surface area contributed by atoms with Crippen molar-refractivity contribution in [3.8, 4) is 0 Å². The summed E-state index contributed by atoms with van der Waals surface area (Å²) in [6.07, 6.45) is 0. The van der Waals surface area contributed by atoms with Crippen molar-refractivity contribution in [2.45, 2.75) is 18.1 Å². The SMILES string of the molecule is Cc1cc(NS(=O)(=O)c2cc(N)cs2)cc(C)c1Br. The summed E-state index contributed by atoms with van der Waals surface area (Å²) in [7, 11) is -3.57. The van der Waals surface area contributed by atoms with Crippen LogP contribution in [0.25, 0.3) is 0 Å². The summed E-state index contributed by atoms with van der Waals surface area (Å²) in [6, 6.07) is 5.02. The monoisotopic (exact) mass is 360 g/mol. The Balaban J connectivity index is 2.36. The van der Waals surface area contributed by atoms with Crippen LogP contribution in [0.3, 0.4) is 0 Å². The fourth-order valence-corrected chi connectivity index (χ4v) is 4.03. The summed E-state index contributed by atoms with van der Waals surface area (Å²) in [5, 5.41) is 1.60. The van der Waals surface area contributed by atoms with Gasteiger partial charge in [-0.3, -0.25) is 4.72 Å². The van der Waals surface area contributed by atoms with E-state index in [4.69, 9.17) is 5.73 Å². The quantitative estimate of drug-likeness (QED) is 0.879. The maximum Gasteiger partial charge on any atom is 0.271 e. The van der Waals surface area contributed by atoms with Gasteiger partial charge < -0.3 is 5.73 Å². The number of hydrogen-bond donors (Lipinski definition) is 2. The molecule has 1 aromatic heterocycles. The molecule has 0 aliphatic carbocycles. The Labute approximate surface area is 124 Å². The minimum Gasteiger partial charge on any atom is -0.398 e. The summed E-state index contributed by atoms with van der Waals surface area (Å²) in [4.78, 5) is 0. The van der Waals surface area contributed by atoms with E-state index in [-0.39, 0.29) is 4.21 Å². The Bertz CT molecular complexity index is 700. The van der Waals surface area contributed by atoms with Crippen LogP contribution in [0.5, 0.6) is 0 Å². The van der Waals surface area contributed by atoms with Crippen molar-refractivity contribution in [2.24, 2.45) is 0 Å². The van der Waals surface area contributed by atoms with E-state index in [1.807, 2.05) is 13.8 Å². The molecule has 1 aromatic carbocycles. The van der Waals surface area contributed by atoms with Crippen molar-refractivity contribution in [1.82, 2.24) is 0 Å². The van der Waals surface area contributed by atoms with Gasteiger partial charge in [0.05, 0.1) is 0 Å². The van der Waals surface area contributed by atoms with Gasteiger partial charge in [-0.05, 0) is 43.2 Å². The van der Waals surface area contributed by atoms with Crippen molar-refractivity contribution < 1.29 is 8.42 Å². The van der Waals surface area contributed by atoms with Gasteiger partial charge in [-0.1, -0.05) is 15.9 Å². The van der Waals surface area contributed by atoms with Gasteiger partial charge in [-0.2, -0.15) is 0 Å². The van der Waals surface area contributed by atoms with Crippen LogP contribution in [-0.2, 0) is 10.0 Å². The van der Waals surface area contributed by atoms with Gasteiger partial charge in [0, 0.05) is 21.2 Å². The summed E-state index contributed by atoms with van der Waals surface area (Å²) in [6.45, 7) is 3.83. The Morgan fingerprint density at radius 3 is 2.26 bits per heavy atom. The van der Waals surface area contributed by atoms with Crippen molar-refractivity contribution in [1.29, 1.82) is 0 Å². The Hall–Kier alpha value is -1.05. The molecule has 2 rings (SSSR count). The maximum absolute atomic E-state index is 12.2. The van der Waals surface area contributed by atoms with E-state index in [1.165, 1.54) is 6.07 Å². The predicted molar refractivity (Wildman–Crippen MR) is 83.2 cm³/mol. The zero-order valence-electron chi connectivity index (χ0n) is 10.4. The summed E-state index contributed by atoms with van der Waals surface area (Å²) >= 11 is 4.55. The third kappa shape index (κ3) is 3.10. The second-order valence-electron chi connectivity index (χ2n) is 4.23. The number of sulfonamides is 1. The van der Waals surface area contributed by atoms with E-state index in [9.17, 15) is 8.42 Å². The highest BCUT2D eigenvalue weighted by Crippen LogP contribution is 2.28. The van der Waals surface area contributed by atoms with Crippen molar-refractivity contribution in [3.63, 3.8) is 0 Å². The van der Waals surface area contributed by atoms with Crippen molar-refractivity contribution in [3.05, 3.63) is 39.2 Å². The molecule has 3 N–H and O–H groups in total. The zero-order valence-corrected chi connectivity index (χ0v) is 13.6. The van der Waals surface area contributed by atoms with Crippen LogP contribution >= 0.6 is 27.3 Å². The lowest BCUT2D eigenvalue weighted by atomic mass is 10.1. The molecule has 0 fully saturated rings. The molecule has 0 unspecified atom stereocenters. The zero-order chi connectivity index (χ0) is 14.2. The number of halogens is 1. The third-order valence-electron chi connectivity index (χ3n) is 2.55. The van der Waals surface area contributed by atoms with Crippen LogP contribution in [0.1, 0.15) is 11.1 Å². The number of thiophene rings is 1. The molecule has 102 valence electrons. The van der Waals surface area contributed by atoms with Gasteiger partial charge >= 0.3 is 0 Å². The van der Waals surface area contributed by atoms with Crippen LogP contribution in [0.15, 0.2) is 32.3 Å². The molecule has 0 atom stereocenters. The number of nitrogens with two attached hydrogens (primary N) is 1. The normalized spacial score (nSPS) is 11.5. The summed E-state index contributed by atoms with van der Waals surface area (Å²) in [5.41, 5.74) is 8.50. The van der Waals surface area contributed by atoms with Crippen LogP contribution in [-0.4, -0.2) is 8.42 Å². The molecule has 0 saturated heterocycles. The number of nitrogen functional groups attached to an aromatic ring is 1. The van der Waals surface area contributed by atoms with Gasteiger partial charge in [-0.15, -0.1) is 11.3 Å². The first-order chi connectivity index (χ1) is 8.79. The van der Waals surface area contributed by atoms with Crippen molar-refractivity contribution >= 4 is 48.7 Å². The molecule has 0 radical (unpaired) electrons. The van der Waals surface area contributed by atoms with E-state index < -0.39 is 10.0 Å². The lowest BCUT2D eigenvalue weighted by molar-refractivity contribution is 0.603. The second kappa shape index (κ2) is 5.15. The number of rotatable bonds is 3. The molecule has 0 bridgehead atoms. The minimum atomic E-state index is -3.57. The first-order valence-corrected chi connectivity index (χ1v) is 8.59. The van der Waals surface area contributed by atoms with E-state index in [0.717, 1.165) is 26.9 Å². The molecular weight excluding hydrogens is 348 g/mol. The lowest BCUT2D eigenvalue weighted by Crippen LogP contribution is -2.11. The topological polar surface area (TPSA) is 72.2 Å². The molecule has 0 aliphatic heterocycles. The highest BCUT2D eigenvalue weighted by Gasteiger charge is 2.17. The van der Waals surface area contributed by atoms with Gasteiger partial charge in [0.1, 0.15) is 4.21 Å². The average Bonchev–Trinajstić information content (AvgIpc) is 2.73. The number of nitrogens with one attached hydrogen (secondary N) is 1. The standard InChI is InChI=1S/C12H13BrN2O2S2/c1-7-3-10(4-8(2)12(7)13)15-19(16,17)11-5-9(14)6-18-11/h3-6,15H,14H2,1-2H3. The van der Waals surface area contributed by atoms with E-state index in [2.05, 4.69) is 20.7 Å². The largest absolute Gasteiger partial charge is 0.398 e. The van der Waals surface area contributed by atoms with Gasteiger partial charge in [-0.25, -0.2) is 8.42 Å². The number of benzene rings is 1. The highest BCUT2D eigenvalue weighted by molar-refractivity contribution is 9.10. The molecule has 0 amide bonds. The van der Waals surface area contributed by atoms with E-state index in [0.29, 0.717) is 11.4 Å². The van der Waals surface area contributed by atoms with Crippen LogP contribution in [0.2, 0.25) is 0 Å². The van der Waals surface area contributed by atoms with Crippen molar-refractivity contribution in [2.75, 3.05) is 10.5 Å². The molecule has 2 aromatic rings. The van der Waals surface area contributed by atoms with Gasteiger partial charge in [0.15, 0.2) is 0 Å². The summed E-state index contributed by atoms with van der Waals surface area (Å²) in [5.74, 6) is 0. The molecule has 19 heavy (non-hydrogen) atoms. The molecular formula is C12H13BrN2O2S2. The fraction of sp³-hybridized carbons (Fsp3) is 0.167. The van der Waals surface area contributed by atoms with E-state index in [1.54, 1.807) is 17.5 Å². The number of hydrogen-bond acceptors (Lipinski definition) is 4. The smallest absolute Gasteiger partial charge is 0.271 e. The Kier molecular flexibility index (Phi) is 3.89. The van der Waals surface area contributed by atoms with Gasteiger partial charge in [0.2, 0.25) is 0 Å². The highest BCUT2D eigenvalue weighted by atomic mass is 79.9. The Morgan fingerprint density at radius 1 is 1.21 bits per heavy atom. The second-order valence-corrected chi connectivity index (χ2v) is 7.84. The number of anilines is 2. The van der Waals surface area contributed by atoms with Crippen LogP contribution < -0.4 is 10.5 Å². The maximum atomic E-state index is 12.2. The fourth-order valence-electron chi connectivity index (χ4n) is 1.68. The minimum absolute atomic E-state index is 0.211. The first kappa shape index (κ1) is 14.4. The van der Waals surface area contributed by atoms with E-state index >= 15 is 0 Å². The Morgan fingerprint density at radius 2 is 1.79 bits per heavy atom. The molecule has 0 saturated carbocycles. The predicted octanol–water partition coefficient (Wildman–Crippen LogP) is 3.51.